The Morgan fingerprint density at radius 2 is 1.94 bits per heavy atom. The van der Waals surface area contributed by atoms with Crippen LogP contribution in [0.15, 0.2) is 58.2 Å². The van der Waals surface area contributed by atoms with Crippen LogP contribution in [-0.2, 0) is 9.59 Å². The van der Waals surface area contributed by atoms with Crippen LogP contribution in [0.4, 0.5) is 0 Å². The van der Waals surface area contributed by atoms with Crippen LogP contribution in [0.2, 0.25) is 5.02 Å². The van der Waals surface area contributed by atoms with Crippen molar-refractivity contribution in [2.75, 3.05) is 34.3 Å². The van der Waals surface area contributed by atoms with E-state index in [4.69, 9.17) is 25.5 Å². The highest BCUT2D eigenvalue weighted by atomic mass is 35.5. The summed E-state index contributed by atoms with van der Waals surface area (Å²) in [6.45, 7) is 2.00. The number of methoxy groups -OCH3 is 1. The fourth-order valence-corrected chi connectivity index (χ4v) is 4.38. The molecular weight excluding hydrogens is 488 g/mol. The number of rotatable bonds is 8. The summed E-state index contributed by atoms with van der Waals surface area (Å²) in [5, 5.41) is 11.8. The van der Waals surface area contributed by atoms with Gasteiger partial charge in [-0.15, -0.1) is 0 Å². The summed E-state index contributed by atoms with van der Waals surface area (Å²) in [6.07, 6.45) is 0. The number of likely N-dealkylation sites (N-methyl/N-ethyl adjacent to an activating group) is 1. The minimum atomic E-state index is -0.931. The van der Waals surface area contributed by atoms with Gasteiger partial charge in [0.25, 0.3) is 5.91 Å². The maximum Gasteiger partial charge on any atom is 0.308 e. The normalized spacial score (nSPS) is 15.8. The topological polar surface area (TPSA) is 110 Å². The van der Waals surface area contributed by atoms with Crippen LogP contribution < -0.4 is 9.47 Å². The molecule has 1 aliphatic heterocycles. The van der Waals surface area contributed by atoms with E-state index in [0.29, 0.717) is 33.8 Å². The number of nitrogens with zero attached hydrogens (tertiary/aromatic N) is 2. The van der Waals surface area contributed by atoms with Crippen molar-refractivity contribution in [2.24, 2.45) is 0 Å². The van der Waals surface area contributed by atoms with E-state index in [1.807, 2.05) is 19.0 Å². The Morgan fingerprint density at radius 3 is 2.61 bits per heavy atom. The molecule has 1 aromatic heterocycles. The van der Waals surface area contributed by atoms with Gasteiger partial charge in [0.05, 0.1) is 18.7 Å². The summed E-state index contributed by atoms with van der Waals surface area (Å²) >= 11 is 6.15. The van der Waals surface area contributed by atoms with Crippen molar-refractivity contribution in [3.8, 4) is 11.5 Å². The Kier molecular flexibility index (Phi) is 7.05. The number of hydrogen-bond acceptors (Lipinski definition) is 8. The number of benzene rings is 2. The molecule has 2 aromatic carbocycles. The van der Waals surface area contributed by atoms with Crippen LogP contribution in [0.5, 0.6) is 11.5 Å². The van der Waals surface area contributed by atoms with Gasteiger partial charge in [-0.05, 0) is 43.9 Å². The summed E-state index contributed by atoms with van der Waals surface area (Å²) in [6, 6.07) is 10.2. The van der Waals surface area contributed by atoms with Gasteiger partial charge >= 0.3 is 5.97 Å². The first-order valence-electron chi connectivity index (χ1n) is 11.1. The molecule has 3 aromatic rings. The van der Waals surface area contributed by atoms with Gasteiger partial charge in [-0.3, -0.25) is 14.4 Å². The number of hydrogen-bond donors (Lipinski definition) is 1. The number of fused-ring (bicyclic) bond motifs is 1. The number of ketones is 1. The van der Waals surface area contributed by atoms with Crippen molar-refractivity contribution in [3.63, 3.8) is 0 Å². The Balaban J connectivity index is 1.82. The third-order valence-electron chi connectivity index (χ3n) is 5.76. The zero-order chi connectivity index (χ0) is 26.1. The first kappa shape index (κ1) is 25.3. The molecule has 1 unspecified atom stereocenters. The molecule has 9 nitrogen and oxygen atoms in total. The number of amides is 1. The lowest BCUT2D eigenvalue weighted by Gasteiger charge is -2.28. The van der Waals surface area contributed by atoms with Crippen LogP contribution >= 0.6 is 11.6 Å². The first-order valence-corrected chi connectivity index (χ1v) is 11.5. The van der Waals surface area contributed by atoms with Gasteiger partial charge < -0.3 is 28.8 Å². The third kappa shape index (κ3) is 4.80. The van der Waals surface area contributed by atoms with Crippen molar-refractivity contribution >= 4 is 40.2 Å². The largest absolute Gasteiger partial charge is 0.503 e. The lowest BCUT2D eigenvalue weighted by atomic mass is 9.95. The number of aliphatic hydroxyl groups is 1. The second-order valence-corrected chi connectivity index (χ2v) is 9.04. The number of carbonyl (C=O) groups is 3. The molecule has 0 radical (unpaired) electrons. The molecule has 10 heteroatoms. The van der Waals surface area contributed by atoms with Crippen molar-refractivity contribution in [2.45, 2.75) is 13.0 Å². The molecule has 0 aliphatic carbocycles. The zero-order valence-electron chi connectivity index (χ0n) is 20.2. The molecule has 36 heavy (non-hydrogen) atoms. The van der Waals surface area contributed by atoms with Gasteiger partial charge in [0, 0.05) is 36.5 Å². The molecule has 1 N–H and O–H groups in total. The lowest BCUT2D eigenvalue weighted by Crippen LogP contribution is -2.36. The maximum absolute atomic E-state index is 13.7. The smallest absolute Gasteiger partial charge is 0.308 e. The average Bonchev–Trinajstić information content (AvgIpc) is 3.35. The number of furan rings is 1. The number of aliphatic hydroxyl groups excluding tert-OH is 1. The highest BCUT2D eigenvalue weighted by Crippen LogP contribution is 2.41. The standard InChI is InChI=1S/C26H25ClN2O7/c1-14(30)35-18-7-5-6-15(11-18)22-21(24(32)26(33)29(22)9-8-28(2)3)23(31)19-12-16-10-17(27)13-20(34-4)25(16)36-19/h5-7,10-13,22,32H,8-9H2,1-4H3. The molecule has 0 bridgehead atoms. The number of carbonyl (C=O) groups excluding carboxylic acids is 3. The fourth-order valence-electron chi connectivity index (χ4n) is 4.17. The van der Waals surface area contributed by atoms with Crippen LogP contribution in [-0.4, -0.2) is 66.9 Å². The van der Waals surface area contributed by atoms with E-state index in [0.717, 1.165) is 0 Å². The molecule has 0 fully saturated rings. The van der Waals surface area contributed by atoms with Gasteiger partial charge in [0.1, 0.15) is 5.75 Å². The van der Waals surface area contributed by atoms with E-state index < -0.39 is 29.5 Å². The molecule has 2 heterocycles. The van der Waals surface area contributed by atoms with E-state index in [9.17, 15) is 19.5 Å². The summed E-state index contributed by atoms with van der Waals surface area (Å²) < 4.78 is 16.3. The Hall–Kier alpha value is -3.82. The molecule has 0 saturated heterocycles. The van der Waals surface area contributed by atoms with Gasteiger partial charge in [-0.2, -0.15) is 0 Å². The Morgan fingerprint density at radius 1 is 1.19 bits per heavy atom. The number of halogens is 1. The number of Topliss-reactive ketones (excluding diaryl/α,β-unsaturated/α-hetero) is 1. The lowest BCUT2D eigenvalue weighted by molar-refractivity contribution is -0.132. The number of ether oxygens (including phenoxy) is 2. The van der Waals surface area contributed by atoms with E-state index in [-0.39, 0.29) is 23.6 Å². The molecule has 188 valence electrons. The van der Waals surface area contributed by atoms with E-state index in [2.05, 4.69) is 0 Å². The third-order valence-corrected chi connectivity index (χ3v) is 5.98. The molecule has 0 saturated carbocycles. The van der Waals surface area contributed by atoms with Gasteiger partial charge in [0.2, 0.25) is 5.78 Å². The van der Waals surface area contributed by atoms with Crippen LogP contribution in [0, 0.1) is 0 Å². The Labute approximate surface area is 212 Å². The molecule has 4 rings (SSSR count). The Bertz CT molecular complexity index is 1390. The maximum atomic E-state index is 13.7. The predicted octanol–water partition coefficient (Wildman–Crippen LogP) is 4.16. The SMILES string of the molecule is COc1cc(Cl)cc2cc(C(=O)C3=C(O)C(=O)N(CCN(C)C)C3c3cccc(OC(C)=O)c3)oc12. The van der Waals surface area contributed by atoms with Crippen molar-refractivity contribution in [1.82, 2.24) is 9.80 Å². The van der Waals surface area contributed by atoms with Crippen LogP contribution in [0.1, 0.15) is 29.1 Å². The van der Waals surface area contributed by atoms with Crippen LogP contribution in [0.25, 0.3) is 11.0 Å². The molecular formula is C26H25ClN2O7. The average molecular weight is 513 g/mol. The monoisotopic (exact) mass is 512 g/mol. The number of esters is 1. The molecule has 1 atom stereocenters. The van der Waals surface area contributed by atoms with E-state index in [1.165, 1.54) is 25.0 Å². The second kappa shape index (κ2) is 10.0. The predicted molar refractivity (Wildman–Crippen MR) is 133 cm³/mol. The van der Waals surface area contributed by atoms with Gasteiger partial charge in [-0.25, -0.2) is 0 Å². The highest BCUT2D eigenvalue weighted by Gasteiger charge is 2.44. The molecule has 1 amide bonds. The molecule has 1 aliphatic rings. The zero-order valence-corrected chi connectivity index (χ0v) is 21.0. The van der Waals surface area contributed by atoms with Gasteiger partial charge in [0.15, 0.2) is 22.9 Å². The van der Waals surface area contributed by atoms with Crippen LogP contribution in [0.3, 0.4) is 0 Å². The van der Waals surface area contributed by atoms with Crippen molar-refractivity contribution in [1.29, 1.82) is 0 Å². The highest BCUT2D eigenvalue weighted by molar-refractivity contribution is 6.31. The van der Waals surface area contributed by atoms with Crippen molar-refractivity contribution in [3.05, 3.63) is 70.1 Å². The minimum Gasteiger partial charge on any atom is -0.503 e. The quantitative estimate of drug-likeness (QED) is 0.272. The van der Waals surface area contributed by atoms with Crippen molar-refractivity contribution < 1.29 is 33.4 Å². The summed E-state index contributed by atoms with van der Waals surface area (Å²) in [4.78, 5) is 41.6. The molecule has 0 spiro atoms. The summed E-state index contributed by atoms with van der Waals surface area (Å²) in [7, 11) is 5.15. The minimum absolute atomic E-state index is 0.0875. The summed E-state index contributed by atoms with van der Waals surface area (Å²) in [5.74, 6) is -2.01. The van der Waals surface area contributed by atoms with E-state index in [1.54, 1.807) is 36.4 Å². The second-order valence-electron chi connectivity index (χ2n) is 8.60. The first-order chi connectivity index (χ1) is 17.1. The van der Waals surface area contributed by atoms with Gasteiger partial charge in [-0.1, -0.05) is 23.7 Å². The summed E-state index contributed by atoms with van der Waals surface area (Å²) in [5.41, 5.74) is 0.667. The van der Waals surface area contributed by atoms with E-state index >= 15 is 0 Å². The fraction of sp³-hybridized carbons (Fsp3) is 0.269.